The zero-order valence-electron chi connectivity index (χ0n) is 16.7. The van der Waals surface area contributed by atoms with Crippen molar-refractivity contribution in [3.8, 4) is 5.69 Å². The summed E-state index contributed by atoms with van der Waals surface area (Å²) in [6.07, 6.45) is 1.59. The van der Waals surface area contributed by atoms with Crippen LogP contribution in [0.3, 0.4) is 0 Å². The Morgan fingerprint density at radius 1 is 1.17 bits per heavy atom. The van der Waals surface area contributed by atoms with Gasteiger partial charge in [0.1, 0.15) is 11.3 Å². The highest BCUT2D eigenvalue weighted by atomic mass is 35.5. The summed E-state index contributed by atoms with van der Waals surface area (Å²) in [4.78, 5) is 15.3. The minimum atomic E-state index is -0.415. The molecule has 0 bridgehead atoms. The molecule has 2 aromatic carbocycles. The normalized spacial score (nSPS) is 20.9. The molecule has 2 aliphatic rings. The van der Waals surface area contributed by atoms with Crippen LogP contribution in [0.25, 0.3) is 5.69 Å². The highest BCUT2D eigenvalue weighted by molar-refractivity contribution is 6.30. The van der Waals surface area contributed by atoms with Gasteiger partial charge in [-0.3, -0.25) is 4.79 Å². The summed E-state index contributed by atoms with van der Waals surface area (Å²) in [5.74, 6) is -0.0206. The molecular formula is C23H23ClN4O2. The predicted molar refractivity (Wildman–Crippen MR) is 116 cm³/mol. The lowest BCUT2D eigenvalue weighted by molar-refractivity contribution is 0.0426. The van der Waals surface area contributed by atoms with Crippen molar-refractivity contribution in [2.24, 2.45) is 0 Å². The maximum atomic E-state index is 13.4. The molecule has 3 aromatic rings. The first-order valence-corrected chi connectivity index (χ1v) is 10.6. The summed E-state index contributed by atoms with van der Waals surface area (Å²) >= 11 is 6.85. The molecule has 1 saturated heterocycles. The van der Waals surface area contributed by atoms with Crippen LogP contribution in [-0.4, -0.2) is 39.8 Å². The molecular weight excluding hydrogens is 400 g/mol. The van der Waals surface area contributed by atoms with E-state index in [1.807, 2.05) is 66.4 Å². The summed E-state index contributed by atoms with van der Waals surface area (Å²) in [5, 5.41) is 8.70. The number of carbonyl (C=O) groups is 1. The van der Waals surface area contributed by atoms with Crippen molar-refractivity contribution in [2.75, 3.05) is 18.5 Å². The van der Waals surface area contributed by atoms with Gasteiger partial charge in [0.05, 0.1) is 28.6 Å². The van der Waals surface area contributed by atoms with E-state index in [2.05, 4.69) is 10.4 Å². The Bertz CT molecular complexity index is 1080. The maximum Gasteiger partial charge on any atom is 0.257 e. The molecule has 0 radical (unpaired) electrons. The minimum absolute atomic E-state index is 0.0206. The molecule has 154 valence electrons. The molecule has 2 atom stereocenters. The number of benzene rings is 2. The second-order valence-corrected chi connectivity index (χ2v) is 8.08. The molecule has 0 saturated carbocycles. The number of carbonyl (C=O) groups excluding carboxylic acids is 1. The molecule has 1 N–H and O–H groups in total. The van der Waals surface area contributed by atoms with E-state index >= 15 is 0 Å². The van der Waals surface area contributed by atoms with Crippen LogP contribution < -0.4 is 5.32 Å². The van der Waals surface area contributed by atoms with Gasteiger partial charge in [-0.05, 0) is 44.0 Å². The van der Waals surface area contributed by atoms with Gasteiger partial charge in [0.2, 0.25) is 0 Å². The molecule has 0 unspecified atom stereocenters. The van der Waals surface area contributed by atoms with Crippen molar-refractivity contribution in [2.45, 2.75) is 32.0 Å². The lowest BCUT2D eigenvalue weighted by Gasteiger charge is -2.39. The Morgan fingerprint density at radius 2 is 1.93 bits per heavy atom. The third-order valence-electron chi connectivity index (χ3n) is 5.77. The number of nitrogens with one attached hydrogen (secondary N) is 1. The van der Waals surface area contributed by atoms with Gasteiger partial charge in [-0.1, -0.05) is 41.9 Å². The number of anilines is 1. The Balaban J connectivity index is 1.59. The second-order valence-electron chi connectivity index (χ2n) is 7.72. The average Bonchev–Trinajstić information content (AvgIpc) is 3.38. The topological polar surface area (TPSA) is 59.4 Å². The predicted octanol–water partition coefficient (Wildman–Crippen LogP) is 4.58. The summed E-state index contributed by atoms with van der Waals surface area (Å²) in [6.45, 7) is 3.18. The van der Waals surface area contributed by atoms with E-state index in [9.17, 15) is 4.79 Å². The van der Waals surface area contributed by atoms with Crippen molar-refractivity contribution < 1.29 is 9.53 Å². The number of rotatable bonds is 4. The first kappa shape index (κ1) is 19.2. The van der Waals surface area contributed by atoms with Gasteiger partial charge in [-0.15, -0.1) is 0 Å². The number of para-hydroxylation sites is 2. The zero-order chi connectivity index (χ0) is 20.7. The standard InChI is InChI=1S/C23H23ClN4O2/c1-15-20(21(24)28(26-15)16-8-3-2-4-9-16)22-25-19-12-6-5-11-18(19)23(29)27(22)14-17-10-7-13-30-17/h2-6,8-9,11-12,17,22,25H,7,10,13-14H2,1H3/t17-,22+/m1/s1. The number of amides is 1. The fourth-order valence-corrected chi connectivity index (χ4v) is 4.65. The monoisotopic (exact) mass is 422 g/mol. The van der Waals surface area contributed by atoms with Crippen molar-refractivity contribution in [3.63, 3.8) is 0 Å². The minimum Gasteiger partial charge on any atom is -0.376 e. The van der Waals surface area contributed by atoms with Crippen molar-refractivity contribution in [1.29, 1.82) is 0 Å². The highest BCUT2D eigenvalue weighted by Crippen LogP contribution is 2.38. The Hall–Kier alpha value is -2.83. The fourth-order valence-electron chi connectivity index (χ4n) is 4.28. The van der Waals surface area contributed by atoms with Gasteiger partial charge < -0.3 is 15.0 Å². The van der Waals surface area contributed by atoms with Crippen molar-refractivity contribution >= 4 is 23.2 Å². The van der Waals surface area contributed by atoms with Gasteiger partial charge >= 0.3 is 0 Å². The molecule has 0 spiro atoms. The molecule has 1 amide bonds. The molecule has 1 fully saturated rings. The van der Waals surface area contributed by atoms with E-state index in [4.69, 9.17) is 16.3 Å². The number of halogens is 1. The van der Waals surface area contributed by atoms with E-state index in [0.717, 1.165) is 42.1 Å². The van der Waals surface area contributed by atoms with Gasteiger partial charge in [0.25, 0.3) is 5.91 Å². The summed E-state index contributed by atoms with van der Waals surface area (Å²) in [7, 11) is 0. The van der Waals surface area contributed by atoms with Gasteiger partial charge in [-0.25, -0.2) is 4.68 Å². The number of nitrogens with zero attached hydrogens (tertiary/aromatic N) is 3. The van der Waals surface area contributed by atoms with Crippen molar-refractivity contribution in [3.05, 3.63) is 76.6 Å². The van der Waals surface area contributed by atoms with Crippen LogP contribution in [0.4, 0.5) is 5.69 Å². The second kappa shape index (κ2) is 7.78. The first-order chi connectivity index (χ1) is 14.6. The van der Waals surface area contributed by atoms with Crippen LogP contribution in [-0.2, 0) is 4.74 Å². The summed E-state index contributed by atoms with van der Waals surface area (Å²) in [6, 6.07) is 17.4. The maximum absolute atomic E-state index is 13.4. The van der Waals surface area contributed by atoms with E-state index in [1.54, 1.807) is 4.68 Å². The zero-order valence-corrected chi connectivity index (χ0v) is 17.5. The van der Waals surface area contributed by atoms with Crippen LogP contribution in [0.2, 0.25) is 5.15 Å². The lowest BCUT2D eigenvalue weighted by Crippen LogP contribution is -2.46. The quantitative estimate of drug-likeness (QED) is 0.668. The number of hydrogen-bond acceptors (Lipinski definition) is 4. The SMILES string of the molecule is Cc1nn(-c2ccccc2)c(Cl)c1[C@H]1Nc2ccccc2C(=O)N1C[C@H]1CCCO1. The van der Waals surface area contributed by atoms with E-state index in [-0.39, 0.29) is 12.0 Å². The van der Waals surface area contributed by atoms with Crippen LogP contribution >= 0.6 is 11.6 Å². The molecule has 3 heterocycles. The number of ether oxygens (including phenoxy) is 1. The van der Waals surface area contributed by atoms with Crippen LogP contribution in [0.5, 0.6) is 0 Å². The van der Waals surface area contributed by atoms with Crippen LogP contribution in [0.15, 0.2) is 54.6 Å². The average molecular weight is 423 g/mol. The first-order valence-electron chi connectivity index (χ1n) is 10.2. The Morgan fingerprint density at radius 3 is 2.70 bits per heavy atom. The summed E-state index contributed by atoms with van der Waals surface area (Å²) in [5.41, 5.74) is 3.94. The largest absolute Gasteiger partial charge is 0.376 e. The summed E-state index contributed by atoms with van der Waals surface area (Å²) < 4.78 is 7.56. The van der Waals surface area contributed by atoms with Crippen LogP contribution in [0, 0.1) is 6.92 Å². The molecule has 0 aliphatic carbocycles. The molecule has 5 rings (SSSR count). The number of hydrogen-bond donors (Lipinski definition) is 1. The van der Waals surface area contributed by atoms with Gasteiger partial charge in [-0.2, -0.15) is 5.10 Å². The van der Waals surface area contributed by atoms with Gasteiger partial charge in [0, 0.05) is 18.8 Å². The van der Waals surface area contributed by atoms with Crippen molar-refractivity contribution in [1.82, 2.24) is 14.7 Å². The molecule has 6 nitrogen and oxygen atoms in total. The lowest BCUT2D eigenvalue weighted by atomic mass is 10.0. The smallest absolute Gasteiger partial charge is 0.257 e. The Labute approximate surface area is 180 Å². The molecule has 7 heteroatoms. The fraction of sp³-hybridized carbons (Fsp3) is 0.304. The number of aromatic nitrogens is 2. The number of fused-ring (bicyclic) bond motifs is 1. The van der Waals surface area contributed by atoms with Crippen LogP contribution in [0.1, 0.15) is 40.6 Å². The molecule has 30 heavy (non-hydrogen) atoms. The Kier molecular flexibility index (Phi) is 4.97. The van der Waals surface area contributed by atoms with E-state index in [0.29, 0.717) is 17.3 Å². The van der Waals surface area contributed by atoms with Gasteiger partial charge in [0.15, 0.2) is 0 Å². The van der Waals surface area contributed by atoms with E-state index < -0.39 is 6.17 Å². The number of aryl methyl sites for hydroxylation is 1. The highest BCUT2D eigenvalue weighted by Gasteiger charge is 2.38. The third kappa shape index (κ3) is 3.26. The molecule has 1 aromatic heterocycles. The molecule has 2 aliphatic heterocycles. The third-order valence-corrected chi connectivity index (χ3v) is 6.13. The van der Waals surface area contributed by atoms with E-state index in [1.165, 1.54) is 0 Å².